The number of rotatable bonds is 8. The minimum absolute atomic E-state index is 0.157. The lowest BCUT2D eigenvalue weighted by atomic mass is 10.00. The Morgan fingerprint density at radius 3 is 2.72 bits per heavy atom. The Hall–Kier alpha value is -0.580. The minimum Gasteiger partial charge on any atom is -0.496 e. The average Bonchev–Trinajstić information content (AvgIpc) is 2.39. The van der Waals surface area contributed by atoms with E-state index in [9.17, 15) is 0 Å². The van der Waals surface area contributed by atoms with Gasteiger partial charge in [-0.15, -0.1) is 0 Å². The van der Waals surface area contributed by atoms with E-state index in [0.717, 1.165) is 22.2 Å². The van der Waals surface area contributed by atoms with Crippen molar-refractivity contribution in [3.05, 3.63) is 28.2 Å². The summed E-state index contributed by atoms with van der Waals surface area (Å²) < 4.78 is 6.43. The maximum absolute atomic E-state index is 5.66. The summed E-state index contributed by atoms with van der Waals surface area (Å²) in [4.78, 5) is 0. The number of benzene rings is 1. The summed E-state index contributed by atoms with van der Waals surface area (Å²) in [6.45, 7) is 2.22. The Labute approximate surface area is 118 Å². The first kappa shape index (κ1) is 15.5. The van der Waals surface area contributed by atoms with Gasteiger partial charge in [0, 0.05) is 16.1 Å². The van der Waals surface area contributed by atoms with E-state index >= 15 is 0 Å². The third-order valence-corrected chi connectivity index (χ3v) is 3.61. The van der Waals surface area contributed by atoms with E-state index in [4.69, 9.17) is 10.6 Å². The molecule has 1 atom stereocenters. The highest BCUT2D eigenvalue weighted by Crippen LogP contribution is 2.30. The number of halogens is 1. The molecule has 0 fully saturated rings. The lowest BCUT2D eigenvalue weighted by molar-refractivity contribution is 0.392. The van der Waals surface area contributed by atoms with Gasteiger partial charge in [0.2, 0.25) is 0 Å². The van der Waals surface area contributed by atoms with Gasteiger partial charge in [-0.25, -0.2) is 0 Å². The molecule has 1 unspecified atom stereocenters. The maximum atomic E-state index is 5.66. The molecule has 0 saturated carbocycles. The Balaban J connectivity index is 2.69. The monoisotopic (exact) mass is 314 g/mol. The van der Waals surface area contributed by atoms with Crippen LogP contribution in [-0.4, -0.2) is 7.11 Å². The van der Waals surface area contributed by atoms with Crippen LogP contribution in [0.5, 0.6) is 5.75 Å². The summed E-state index contributed by atoms with van der Waals surface area (Å²) in [5.74, 6) is 6.54. The molecule has 4 heteroatoms. The van der Waals surface area contributed by atoms with E-state index in [-0.39, 0.29) is 6.04 Å². The molecule has 0 bridgehead atoms. The summed E-state index contributed by atoms with van der Waals surface area (Å²) in [6.07, 6.45) is 6.01. The Bertz CT molecular complexity index is 358. The molecule has 3 nitrogen and oxygen atoms in total. The van der Waals surface area contributed by atoms with E-state index in [1.165, 1.54) is 25.7 Å². The van der Waals surface area contributed by atoms with Crippen molar-refractivity contribution in [1.29, 1.82) is 0 Å². The second kappa shape index (κ2) is 8.51. The van der Waals surface area contributed by atoms with Gasteiger partial charge >= 0.3 is 0 Å². The van der Waals surface area contributed by atoms with Crippen LogP contribution < -0.4 is 16.0 Å². The lowest BCUT2D eigenvalue weighted by Gasteiger charge is -2.19. The molecule has 0 aliphatic carbocycles. The van der Waals surface area contributed by atoms with E-state index in [2.05, 4.69) is 34.3 Å². The molecule has 0 spiro atoms. The van der Waals surface area contributed by atoms with Crippen LogP contribution in [0, 0.1) is 0 Å². The van der Waals surface area contributed by atoms with E-state index in [1.807, 2.05) is 12.1 Å². The van der Waals surface area contributed by atoms with Crippen molar-refractivity contribution < 1.29 is 4.74 Å². The fourth-order valence-electron chi connectivity index (χ4n) is 2.08. The van der Waals surface area contributed by atoms with Gasteiger partial charge in [-0.3, -0.25) is 11.3 Å². The zero-order valence-electron chi connectivity index (χ0n) is 11.2. The minimum atomic E-state index is 0.157. The lowest BCUT2D eigenvalue weighted by Crippen LogP contribution is -2.28. The summed E-state index contributed by atoms with van der Waals surface area (Å²) in [6, 6.07) is 6.22. The molecule has 1 rings (SSSR count). The van der Waals surface area contributed by atoms with Crippen molar-refractivity contribution in [3.63, 3.8) is 0 Å². The SMILES string of the molecule is CCCCCCC(NN)c1ccc(Br)cc1OC. The van der Waals surface area contributed by atoms with Crippen LogP contribution in [0.2, 0.25) is 0 Å². The number of unbranched alkanes of at least 4 members (excludes halogenated alkanes) is 3. The fourth-order valence-corrected chi connectivity index (χ4v) is 2.42. The molecule has 0 saturated heterocycles. The second-order valence-electron chi connectivity index (χ2n) is 4.45. The maximum Gasteiger partial charge on any atom is 0.124 e. The normalized spacial score (nSPS) is 12.4. The fraction of sp³-hybridized carbons (Fsp3) is 0.571. The summed E-state index contributed by atoms with van der Waals surface area (Å²) in [5, 5.41) is 0. The van der Waals surface area contributed by atoms with E-state index in [0.29, 0.717) is 0 Å². The molecule has 18 heavy (non-hydrogen) atoms. The number of nitrogens with one attached hydrogen (secondary N) is 1. The number of ether oxygens (including phenoxy) is 1. The highest BCUT2D eigenvalue weighted by Gasteiger charge is 2.14. The van der Waals surface area contributed by atoms with Crippen molar-refractivity contribution in [2.24, 2.45) is 5.84 Å². The van der Waals surface area contributed by atoms with Crippen LogP contribution in [0.15, 0.2) is 22.7 Å². The van der Waals surface area contributed by atoms with E-state index < -0.39 is 0 Å². The second-order valence-corrected chi connectivity index (χ2v) is 5.37. The Morgan fingerprint density at radius 1 is 1.33 bits per heavy atom. The van der Waals surface area contributed by atoms with Crippen LogP contribution in [0.25, 0.3) is 0 Å². The van der Waals surface area contributed by atoms with Crippen LogP contribution in [-0.2, 0) is 0 Å². The molecule has 0 amide bonds. The molecular weight excluding hydrogens is 292 g/mol. The number of methoxy groups -OCH3 is 1. The number of hydrazine groups is 1. The first-order valence-electron chi connectivity index (χ1n) is 6.52. The van der Waals surface area contributed by atoms with Crippen molar-refractivity contribution >= 4 is 15.9 Å². The van der Waals surface area contributed by atoms with Crippen molar-refractivity contribution in [2.45, 2.75) is 45.1 Å². The largest absolute Gasteiger partial charge is 0.496 e. The molecular formula is C14H23BrN2O. The average molecular weight is 315 g/mol. The number of hydrogen-bond donors (Lipinski definition) is 2. The predicted octanol–water partition coefficient (Wildman–Crippen LogP) is 3.93. The molecule has 1 aromatic carbocycles. The van der Waals surface area contributed by atoms with Crippen LogP contribution in [0.3, 0.4) is 0 Å². The van der Waals surface area contributed by atoms with Crippen LogP contribution in [0.4, 0.5) is 0 Å². The first-order chi connectivity index (χ1) is 8.72. The predicted molar refractivity (Wildman–Crippen MR) is 79.5 cm³/mol. The van der Waals surface area contributed by atoms with Crippen molar-refractivity contribution in [1.82, 2.24) is 5.43 Å². The third kappa shape index (κ3) is 4.59. The quantitative estimate of drug-likeness (QED) is 0.434. The molecule has 0 aromatic heterocycles. The van der Waals surface area contributed by atoms with Gasteiger partial charge < -0.3 is 4.74 Å². The molecule has 0 heterocycles. The topological polar surface area (TPSA) is 47.3 Å². The van der Waals surface area contributed by atoms with Gasteiger partial charge in [0.25, 0.3) is 0 Å². The Morgan fingerprint density at radius 2 is 2.11 bits per heavy atom. The number of hydrogen-bond acceptors (Lipinski definition) is 3. The first-order valence-corrected chi connectivity index (χ1v) is 7.31. The number of nitrogens with two attached hydrogens (primary N) is 1. The molecule has 102 valence electrons. The van der Waals surface area contributed by atoms with Crippen LogP contribution >= 0.6 is 15.9 Å². The standard InChI is InChI=1S/C14H23BrN2O/c1-3-4-5-6-7-13(17-16)12-9-8-11(15)10-14(12)18-2/h8-10,13,17H,3-7,16H2,1-2H3. The molecule has 0 aliphatic heterocycles. The third-order valence-electron chi connectivity index (χ3n) is 3.12. The molecule has 0 radical (unpaired) electrons. The van der Waals surface area contributed by atoms with Gasteiger partial charge in [0.15, 0.2) is 0 Å². The van der Waals surface area contributed by atoms with Gasteiger partial charge in [0.1, 0.15) is 5.75 Å². The Kier molecular flexibility index (Phi) is 7.32. The zero-order valence-corrected chi connectivity index (χ0v) is 12.8. The molecule has 1 aromatic rings. The van der Waals surface area contributed by atoms with Gasteiger partial charge in [0.05, 0.1) is 7.11 Å². The molecule has 0 aliphatic rings. The van der Waals surface area contributed by atoms with Crippen molar-refractivity contribution in [2.75, 3.05) is 7.11 Å². The summed E-state index contributed by atoms with van der Waals surface area (Å²) in [7, 11) is 1.69. The van der Waals surface area contributed by atoms with Gasteiger partial charge in [-0.2, -0.15) is 0 Å². The zero-order chi connectivity index (χ0) is 13.4. The van der Waals surface area contributed by atoms with Gasteiger partial charge in [-0.1, -0.05) is 54.6 Å². The van der Waals surface area contributed by atoms with Gasteiger partial charge in [-0.05, 0) is 18.6 Å². The van der Waals surface area contributed by atoms with Crippen molar-refractivity contribution in [3.8, 4) is 5.75 Å². The highest BCUT2D eigenvalue weighted by atomic mass is 79.9. The smallest absolute Gasteiger partial charge is 0.124 e. The molecule has 3 N–H and O–H groups in total. The highest BCUT2D eigenvalue weighted by molar-refractivity contribution is 9.10. The summed E-state index contributed by atoms with van der Waals surface area (Å²) >= 11 is 3.45. The van der Waals surface area contributed by atoms with E-state index in [1.54, 1.807) is 7.11 Å². The van der Waals surface area contributed by atoms with Crippen LogP contribution in [0.1, 0.15) is 50.6 Å². The summed E-state index contributed by atoms with van der Waals surface area (Å²) in [5.41, 5.74) is 4.02.